The fourth-order valence-corrected chi connectivity index (χ4v) is 3.45. The highest BCUT2D eigenvalue weighted by Crippen LogP contribution is 2.17. The summed E-state index contributed by atoms with van der Waals surface area (Å²) >= 11 is 1.68. The minimum atomic E-state index is -0.484. The number of hydrogen-bond donors (Lipinski definition) is 2. The molecule has 6 heteroatoms. The van der Waals surface area contributed by atoms with Crippen LogP contribution < -0.4 is 10.6 Å². The van der Waals surface area contributed by atoms with Gasteiger partial charge < -0.3 is 15.5 Å². The third-order valence-electron chi connectivity index (χ3n) is 4.04. The van der Waals surface area contributed by atoms with Gasteiger partial charge in [-0.15, -0.1) is 11.3 Å². The lowest BCUT2D eigenvalue weighted by molar-refractivity contribution is -0.136. The second-order valence-electron chi connectivity index (χ2n) is 5.83. The van der Waals surface area contributed by atoms with Crippen LogP contribution in [0, 0.1) is 0 Å². The van der Waals surface area contributed by atoms with Crippen molar-refractivity contribution in [2.75, 3.05) is 13.1 Å². The van der Waals surface area contributed by atoms with Gasteiger partial charge in [-0.3, -0.25) is 4.79 Å². The average Bonchev–Trinajstić information content (AvgIpc) is 3.00. The lowest BCUT2D eigenvalue weighted by atomic mass is 10.0. The zero-order valence-electron chi connectivity index (χ0n) is 13.3. The van der Waals surface area contributed by atoms with Crippen LogP contribution in [0.5, 0.6) is 0 Å². The Morgan fingerprint density at radius 2 is 2.27 bits per heavy atom. The number of carbonyl (C=O) groups excluding carboxylic acids is 2. The number of carbonyl (C=O) groups is 2. The Morgan fingerprint density at radius 1 is 1.45 bits per heavy atom. The van der Waals surface area contributed by atoms with Gasteiger partial charge >= 0.3 is 6.03 Å². The first-order valence-corrected chi connectivity index (χ1v) is 8.83. The molecule has 3 amide bonds. The molecule has 1 saturated heterocycles. The Labute approximate surface area is 136 Å². The minimum Gasteiger partial charge on any atom is -0.338 e. The van der Waals surface area contributed by atoms with Crippen LogP contribution in [0.2, 0.25) is 0 Å². The first kappa shape index (κ1) is 16.8. The number of urea groups is 1. The third kappa shape index (κ3) is 4.73. The summed E-state index contributed by atoms with van der Waals surface area (Å²) in [5.74, 6) is 0.0145. The van der Waals surface area contributed by atoms with E-state index in [2.05, 4.69) is 17.6 Å². The topological polar surface area (TPSA) is 61.4 Å². The molecule has 5 nitrogen and oxygen atoms in total. The van der Waals surface area contributed by atoms with E-state index in [4.69, 9.17) is 0 Å². The molecule has 0 spiro atoms. The van der Waals surface area contributed by atoms with E-state index in [1.807, 2.05) is 22.4 Å². The van der Waals surface area contributed by atoms with Gasteiger partial charge in [0.1, 0.15) is 6.04 Å². The van der Waals surface area contributed by atoms with Crippen molar-refractivity contribution < 1.29 is 9.59 Å². The Bertz CT molecular complexity index is 490. The average molecular weight is 323 g/mol. The zero-order chi connectivity index (χ0) is 15.9. The summed E-state index contributed by atoms with van der Waals surface area (Å²) in [5.41, 5.74) is 0. The lowest BCUT2D eigenvalue weighted by Gasteiger charge is -2.35. The van der Waals surface area contributed by atoms with E-state index < -0.39 is 6.04 Å². The number of nitrogens with one attached hydrogen (secondary N) is 2. The molecule has 2 atom stereocenters. The molecule has 2 unspecified atom stereocenters. The van der Waals surface area contributed by atoms with Crippen LogP contribution >= 0.6 is 11.3 Å². The van der Waals surface area contributed by atoms with E-state index in [1.54, 1.807) is 18.3 Å². The normalized spacial score (nSPS) is 19.5. The molecule has 0 radical (unpaired) electrons. The molecule has 1 aromatic heterocycles. The Hall–Kier alpha value is -1.56. The summed E-state index contributed by atoms with van der Waals surface area (Å²) in [4.78, 5) is 27.4. The highest BCUT2D eigenvalue weighted by atomic mass is 32.1. The molecule has 1 aromatic rings. The van der Waals surface area contributed by atoms with Crippen molar-refractivity contribution in [1.29, 1.82) is 0 Å². The standard InChI is InChI=1S/C16H25N3O2S/c1-12-6-3-4-10-19(12)15(20)13(2)18-16(21)17-9-8-14-7-5-11-22-14/h5,7,11-13H,3-4,6,8-10H2,1-2H3,(H2,17,18,21). The van der Waals surface area contributed by atoms with E-state index in [1.165, 1.54) is 11.3 Å². The van der Waals surface area contributed by atoms with Gasteiger partial charge in [-0.2, -0.15) is 0 Å². The van der Waals surface area contributed by atoms with Crippen molar-refractivity contribution in [2.24, 2.45) is 0 Å². The molecule has 1 aliphatic heterocycles. The van der Waals surface area contributed by atoms with Crippen molar-refractivity contribution in [3.05, 3.63) is 22.4 Å². The Morgan fingerprint density at radius 3 is 2.95 bits per heavy atom. The number of thiophene rings is 1. The highest BCUT2D eigenvalue weighted by molar-refractivity contribution is 7.09. The van der Waals surface area contributed by atoms with Crippen LogP contribution in [0.3, 0.4) is 0 Å². The summed E-state index contributed by atoms with van der Waals surface area (Å²) in [5, 5.41) is 7.57. The van der Waals surface area contributed by atoms with Crippen LogP contribution in [-0.2, 0) is 11.2 Å². The van der Waals surface area contributed by atoms with Gasteiger partial charge in [-0.05, 0) is 51.0 Å². The van der Waals surface area contributed by atoms with Crippen LogP contribution in [0.25, 0.3) is 0 Å². The Kier molecular flexibility index (Phi) is 6.24. The number of amides is 3. The summed E-state index contributed by atoms with van der Waals surface area (Å²) < 4.78 is 0. The smallest absolute Gasteiger partial charge is 0.315 e. The summed E-state index contributed by atoms with van der Waals surface area (Å²) in [6, 6.07) is 3.56. The van der Waals surface area contributed by atoms with Gasteiger partial charge in [-0.25, -0.2) is 4.79 Å². The van der Waals surface area contributed by atoms with E-state index in [-0.39, 0.29) is 18.0 Å². The second-order valence-corrected chi connectivity index (χ2v) is 6.86. The second kappa shape index (κ2) is 8.17. The molecule has 0 aromatic carbocycles. The molecular weight excluding hydrogens is 298 g/mol. The fourth-order valence-electron chi connectivity index (χ4n) is 2.74. The quantitative estimate of drug-likeness (QED) is 0.874. The van der Waals surface area contributed by atoms with Gasteiger partial charge in [0.05, 0.1) is 0 Å². The van der Waals surface area contributed by atoms with Gasteiger partial charge in [0, 0.05) is 24.0 Å². The number of hydrogen-bond acceptors (Lipinski definition) is 3. The minimum absolute atomic E-state index is 0.0145. The molecule has 1 aliphatic rings. The number of piperidine rings is 1. The van der Waals surface area contributed by atoms with Gasteiger partial charge in [0.2, 0.25) is 5.91 Å². The van der Waals surface area contributed by atoms with Gasteiger partial charge in [0.15, 0.2) is 0 Å². The number of rotatable bonds is 5. The molecule has 22 heavy (non-hydrogen) atoms. The van der Waals surface area contributed by atoms with Crippen LogP contribution in [0.1, 0.15) is 38.0 Å². The van der Waals surface area contributed by atoms with Crippen LogP contribution in [0.15, 0.2) is 17.5 Å². The van der Waals surface area contributed by atoms with E-state index in [0.29, 0.717) is 6.54 Å². The van der Waals surface area contributed by atoms with Crippen LogP contribution in [0.4, 0.5) is 4.79 Å². The van der Waals surface area contributed by atoms with Crippen molar-refractivity contribution >= 4 is 23.3 Å². The van der Waals surface area contributed by atoms with E-state index in [9.17, 15) is 9.59 Å². The summed E-state index contributed by atoms with van der Waals surface area (Å²) in [7, 11) is 0. The maximum Gasteiger partial charge on any atom is 0.315 e. The molecule has 122 valence electrons. The molecule has 2 heterocycles. The predicted octanol–water partition coefficient (Wildman–Crippen LogP) is 2.38. The third-order valence-corrected chi connectivity index (χ3v) is 4.98. The zero-order valence-corrected chi connectivity index (χ0v) is 14.1. The molecule has 2 rings (SSSR count). The van der Waals surface area contributed by atoms with E-state index in [0.717, 1.165) is 25.8 Å². The van der Waals surface area contributed by atoms with Crippen molar-refractivity contribution in [3.8, 4) is 0 Å². The monoisotopic (exact) mass is 323 g/mol. The van der Waals surface area contributed by atoms with Gasteiger partial charge in [-0.1, -0.05) is 6.07 Å². The molecular formula is C16H25N3O2S. The van der Waals surface area contributed by atoms with Crippen molar-refractivity contribution in [1.82, 2.24) is 15.5 Å². The largest absolute Gasteiger partial charge is 0.338 e. The van der Waals surface area contributed by atoms with E-state index >= 15 is 0 Å². The maximum absolute atomic E-state index is 12.4. The highest BCUT2D eigenvalue weighted by Gasteiger charge is 2.27. The molecule has 0 bridgehead atoms. The van der Waals surface area contributed by atoms with Gasteiger partial charge in [0.25, 0.3) is 0 Å². The molecule has 1 fully saturated rings. The number of nitrogens with zero attached hydrogens (tertiary/aromatic N) is 1. The summed E-state index contributed by atoms with van der Waals surface area (Å²) in [6.45, 7) is 5.20. The van der Waals surface area contributed by atoms with Crippen molar-refractivity contribution in [2.45, 2.75) is 51.6 Å². The first-order chi connectivity index (χ1) is 10.6. The Balaban J connectivity index is 1.71. The molecule has 0 aliphatic carbocycles. The van der Waals surface area contributed by atoms with Crippen LogP contribution in [-0.4, -0.2) is 42.0 Å². The summed E-state index contributed by atoms with van der Waals surface area (Å²) in [6.07, 6.45) is 4.09. The van der Waals surface area contributed by atoms with Crippen molar-refractivity contribution in [3.63, 3.8) is 0 Å². The molecule has 0 saturated carbocycles. The molecule has 2 N–H and O–H groups in total. The maximum atomic E-state index is 12.4. The SMILES string of the molecule is CC(NC(=O)NCCc1cccs1)C(=O)N1CCCCC1C. The fraction of sp³-hybridized carbons (Fsp3) is 0.625. The lowest BCUT2D eigenvalue weighted by Crippen LogP contribution is -2.53. The predicted molar refractivity (Wildman–Crippen MR) is 89.0 cm³/mol. The number of likely N-dealkylation sites (tertiary alicyclic amines) is 1. The first-order valence-electron chi connectivity index (χ1n) is 7.95.